The van der Waals surface area contributed by atoms with Crippen molar-refractivity contribution in [3.8, 4) is 0 Å². The molecule has 0 aromatic rings. The third-order valence-electron chi connectivity index (χ3n) is 8.89. The molecule has 22 nitrogen and oxygen atoms in total. The van der Waals surface area contributed by atoms with E-state index in [1.54, 1.807) is 41.5 Å². The van der Waals surface area contributed by atoms with E-state index in [-0.39, 0.29) is 43.4 Å². The molecule has 8 amide bonds. The molecule has 0 aromatic carbocycles. The Hall–Kier alpha value is -5.38. The van der Waals surface area contributed by atoms with E-state index in [1.807, 2.05) is 0 Å². The van der Waals surface area contributed by atoms with Gasteiger partial charge in [0.15, 0.2) is 0 Å². The van der Waals surface area contributed by atoms with Crippen molar-refractivity contribution in [1.29, 1.82) is 0 Å². The Morgan fingerprint density at radius 3 is 1.31 bits per heavy atom. The number of carbonyl (C=O) groups excluding carboxylic acids is 8. The van der Waals surface area contributed by atoms with Crippen LogP contribution in [-0.4, -0.2) is 118 Å². The van der Waals surface area contributed by atoms with E-state index >= 15 is 0 Å². The molecule has 0 aliphatic carbocycles. The normalized spacial score (nSPS) is 14.8. The number of aliphatic carboxylic acids is 2. The lowest BCUT2D eigenvalue weighted by Crippen LogP contribution is -2.60. The second-order valence-corrected chi connectivity index (χ2v) is 15.6. The van der Waals surface area contributed by atoms with Gasteiger partial charge < -0.3 is 65.0 Å². The summed E-state index contributed by atoms with van der Waals surface area (Å²) in [7, 11) is 0. The average molecular weight is 843 g/mol. The van der Waals surface area contributed by atoms with E-state index < -0.39 is 127 Å². The summed E-state index contributed by atoms with van der Waals surface area (Å²) in [6.07, 6.45) is -1.69. The molecule has 7 atom stereocenters. The van der Waals surface area contributed by atoms with Crippen LogP contribution in [0.1, 0.15) is 106 Å². The van der Waals surface area contributed by atoms with Crippen molar-refractivity contribution in [1.82, 2.24) is 31.9 Å². The largest absolute Gasteiger partial charge is 0.481 e. The molecule has 0 spiro atoms. The van der Waals surface area contributed by atoms with Crippen LogP contribution in [0.2, 0.25) is 0 Å². The predicted molar refractivity (Wildman–Crippen MR) is 213 cm³/mol. The van der Waals surface area contributed by atoms with Crippen molar-refractivity contribution in [2.45, 2.75) is 148 Å². The molecule has 0 aromatic heterocycles. The van der Waals surface area contributed by atoms with Crippen molar-refractivity contribution in [2.75, 3.05) is 6.54 Å². The third kappa shape index (κ3) is 22.4. The molecule has 0 unspecified atom stereocenters. The van der Waals surface area contributed by atoms with Gasteiger partial charge in [0, 0.05) is 12.8 Å². The molecule has 0 aliphatic rings. The minimum atomic E-state index is -1.64. The lowest BCUT2D eigenvalue weighted by Gasteiger charge is -2.28. The number of hydrogen-bond acceptors (Lipinski definition) is 12. The standard InChI is InChI=1S/C37H66N10O12/c1-18(2)15-24(45-35(56)25(17-28(40)49)46-31(52)21(9-7-8-14-38)44-36(57)30(41)20(5)6)34(55)43-23(11-13-29(50)51)32(53)42-22(10-12-27(39)48)33(54)47-26(37(58)59)16-19(3)4/h18-26,30H,7-17,38,41H2,1-6H3,(H2,39,48)(H2,40,49)(H,42,53)(H,43,55)(H,44,57)(H,45,56)(H,46,52)(H,47,54)(H,50,51)(H,58,59)/t21-,22-,23-,24-,25-,26-,30-/m0/s1. The Balaban J connectivity index is 6.50. The molecule has 0 bridgehead atoms. The number of nitrogens with two attached hydrogens (primary N) is 4. The van der Waals surface area contributed by atoms with Crippen molar-refractivity contribution in [3.63, 3.8) is 0 Å². The molecular formula is C37H66N10O12. The van der Waals surface area contributed by atoms with Gasteiger partial charge in [-0.25, -0.2) is 4.79 Å². The quantitative estimate of drug-likeness (QED) is 0.0325. The fourth-order valence-corrected chi connectivity index (χ4v) is 5.59. The van der Waals surface area contributed by atoms with Crippen LogP contribution in [0.4, 0.5) is 0 Å². The summed E-state index contributed by atoms with van der Waals surface area (Å²) in [5.41, 5.74) is 22.2. The molecule has 0 heterocycles. The Bertz CT molecular complexity index is 1470. The van der Waals surface area contributed by atoms with Gasteiger partial charge in [0.25, 0.3) is 0 Å². The van der Waals surface area contributed by atoms with E-state index in [4.69, 9.17) is 22.9 Å². The van der Waals surface area contributed by atoms with Crippen molar-refractivity contribution >= 4 is 59.2 Å². The number of carboxylic acids is 2. The van der Waals surface area contributed by atoms with Crippen LogP contribution >= 0.6 is 0 Å². The number of unbranched alkanes of at least 4 members (excludes halogenated alkanes) is 1. The highest BCUT2D eigenvalue weighted by atomic mass is 16.4. The van der Waals surface area contributed by atoms with E-state index in [0.29, 0.717) is 19.4 Å². The average Bonchev–Trinajstić information content (AvgIpc) is 3.12. The van der Waals surface area contributed by atoms with Gasteiger partial charge in [-0.1, -0.05) is 41.5 Å². The summed E-state index contributed by atoms with van der Waals surface area (Å²) in [6, 6.07) is -9.77. The van der Waals surface area contributed by atoms with Crippen molar-refractivity contribution < 1.29 is 58.2 Å². The van der Waals surface area contributed by atoms with E-state index in [9.17, 15) is 58.2 Å². The maximum atomic E-state index is 13.8. The lowest BCUT2D eigenvalue weighted by atomic mass is 10.0. The first-order valence-corrected chi connectivity index (χ1v) is 19.7. The fourth-order valence-electron chi connectivity index (χ4n) is 5.59. The highest BCUT2D eigenvalue weighted by Crippen LogP contribution is 2.11. The first kappa shape index (κ1) is 53.6. The Labute approximate surface area is 344 Å². The zero-order chi connectivity index (χ0) is 45.6. The SMILES string of the molecule is CC(C)C[C@H](NC(=O)[C@H](CCC(N)=O)NC(=O)[C@H](CCC(=O)O)NC(=O)[C@H](CC(C)C)NC(=O)[C@H](CC(N)=O)NC(=O)[C@H](CCCCN)NC(=O)[C@@H](N)C(C)C)C(=O)O. The molecule has 0 radical (unpaired) electrons. The number of carbonyl (C=O) groups is 10. The predicted octanol–water partition coefficient (Wildman–Crippen LogP) is -2.81. The van der Waals surface area contributed by atoms with Gasteiger partial charge in [0.05, 0.1) is 12.5 Å². The van der Waals surface area contributed by atoms with E-state index in [0.717, 1.165) is 0 Å². The van der Waals surface area contributed by atoms with Crippen LogP contribution < -0.4 is 54.8 Å². The summed E-state index contributed by atoms with van der Waals surface area (Å²) >= 11 is 0. The molecule has 336 valence electrons. The maximum Gasteiger partial charge on any atom is 0.326 e. The molecule has 0 aliphatic heterocycles. The van der Waals surface area contributed by atoms with Crippen LogP contribution in [0.5, 0.6) is 0 Å². The topological polar surface area (TPSA) is 387 Å². The van der Waals surface area contributed by atoms with Crippen LogP contribution in [-0.2, 0) is 47.9 Å². The van der Waals surface area contributed by atoms with Gasteiger partial charge in [0.2, 0.25) is 47.3 Å². The minimum absolute atomic E-state index is 0.0285. The Kier molecular flexibility index (Phi) is 24.8. The summed E-state index contributed by atoms with van der Waals surface area (Å²) in [5, 5.41) is 33.5. The maximum absolute atomic E-state index is 13.8. The van der Waals surface area contributed by atoms with Gasteiger partial charge in [0.1, 0.15) is 36.3 Å². The molecule has 0 rings (SSSR count). The van der Waals surface area contributed by atoms with Gasteiger partial charge >= 0.3 is 11.9 Å². The first-order valence-electron chi connectivity index (χ1n) is 19.7. The minimum Gasteiger partial charge on any atom is -0.481 e. The second kappa shape index (κ2) is 27.3. The van der Waals surface area contributed by atoms with E-state index in [2.05, 4.69) is 31.9 Å². The number of hydrogen-bond donors (Lipinski definition) is 12. The smallest absolute Gasteiger partial charge is 0.326 e. The Morgan fingerprint density at radius 2 is 0.881 bits per heavy atom. The summed E-state index contributed by atoms with van der Waals surface area (Å²) < 4.78 is 0. The zero-order valence-corrected chi connectivity index (χ0v) is 34.8. The van der Waals surface area contributed by atoms with Gasteiger partial charge in [-0.2, -0.15) is 0 Å². The number of primary amides is 2. The Morgan fingerprint density at radius 1 is 0.492 bits per heavy atom. The highest BCUT2D eigenvalue weighted by Gasteiger charge is 2.35. The molecule has 0 fully saturated rings. The monoisotopic (exact) mass is 842 g/mol. The number of carboxylic acid groups (broad SMARTS) is 2. The van der Waals surface area contributed by atoms with Crippen LogP contribution in [0.3, 0.4) is 0 Å². The van der Waals surface area contributed by atoms with Gasteiger partial charge in [-0.3, -0.25) is 43.2 Å². The third-order valence-corrected chi connectivity index (χ3v) is 8.89. The number of nitrogens with one attached hydrogen (secondary N) is 6. The van der Waals surface area contributed by atoms with Crippen LogP contribution in [0.15, 0.2) is 0 Å². The first-order chi connectivity index (χ1) is 27.4. The van der Waals surface area contributed by atoms with Crippen molar-refractivity contribution in [3.05, 3.63) is 0 Å². The summed E-state index contributed by atoms with van der Waals surface area (Å²) in [6.45, 7) is 10.6. The summed E-state index contributed by atoms with van der Waals surface area (Å²) in [4.78, 5) is 128. The zero-order valence-electron chi connectivity index (χ0n) is 34.8. The second-order valence-electron chi connectivity index (χ2n) is 15.6. The van der Waals surface area contributed by atoms with Crippen LogP contribution in [0.25, 0.3) is 0 Å². The molecule has 0 saturated heterocycles. The van der Waals surface area contributed by atoms with Gasteiger partial charge in [-0.15, -0.1) is 0 Å². The summed E-state index contributed by atoms with van der Waals surface area (Å²) in [5.74, 6) is -10.8. The van der Waals surface area contributed by atoms with Crippen LogP contribution in [0, 0.1) is 17.8 Å². The fraction of sp³-hybridized carbons (Fsp3) is 0.730. The molecule has 22 heteroatoms. The lowest BCUT2D eigenvalue weighted by molar-refractivity contribution is -0.143. The molecule has 59 heavy (non-hydrogen) atoms. The molecule has 16 N–H and O–H groups in total. The highest BCUT2D eigenvalue weighted by molar-refractivity contribution is 5.98. The van der Waals surface area contributed by atoms with Crippen molar-refractivity contribution in [2.24, 2.45) is 40.7 Å². The van der Waals surface area contributed by atoms with Gasteiger partial charge in [-0.05, 0) is 69.2 Å². The van der Waals surface area contributed by atoms with E-state index in [1.165, 1.54) is 0 Å². The number of rotatable bonds is 30. The number of amides is 8. The molecular weight excluding hydrogens is 776 g/mol. The molecule has 0 saturated carbocycles.